The molecule has 0 aliphatic carbocycles. The molecule has 0 radical (unpaired) electrons. The lowest BCUT2D eigenvalue weighted by Gasteiger charge is -2.06. The van der Waals surface area contributed by atoms with Gasteiger partial charge >= 0.3 is 0 Å². The van der Waals surface area contributed by atoms with Crippen molar-refractivity contribution in [2.75, 3.05) is 30.8 Å². The van der Waals surface area contributed by atoms with Crippen LogP contribution in [0.5, 0.6) is 0 Å². The molecule has 0 unspecified atom stereocenters. The second-order valence-electron chi connectivity index (χ2n) is 6.92. The fourth-order valence-corrected chi connectivity index (χ4v) is 2.84. The van der Waals surface area contributed by atoms with Crippen LogP contribution in [0.2, 0.25) is 0 Å². The number of rotatable bonds is 8. The average molecular weight is 419 g/mol. The first-order valence-electron chi connectivity index (χ1n) is 10.2. The molecule has 1 amide bonds. The molecule has 0 aliphatic rings. The number of anilines is 2. The first kappa shape index (κ1) is 23.8. The third-order valence-electron chi connectivity index (χ3n) is 4.63. The summed E-state index contributed by atoms with van der Waals surface area (Å²) in [6, 6.07) is 22.4. The molecule has 0 aliphatic heterocycles. The lowest BCUT2D eigenvalue weighted by molar-refractivity contribution is 0.102. The minimum absolute atomic E-state index is 0.200. The topological polar surface area (TPSA) is 110 Å². The van der Waals surface area contributed by atoms with E-state index < -0.39 is 0 Å². The van der Waals surface area contributed by atoms with Crippen molar-refractivity contribution in [2.45, 2.75) is 12.8 Å². The van der Waals surface area contributed by atoms with Crippen molar-refractivity contribution < 1.29 is 9.59 Å². The van der Waals surface area contributed by atoms with Crippen molar-refractivity contribution in [3.05, 3.63) is 95.1 Å². The summed E-state index contributed by atoms with van der Waals surface area (Å²) in [5.41, 5.74) is 16.3. The number of aldehydes is 1. The standard InChI is InChI=1S/C16H16N2O2.C9H14N2/c17-10-9-12-3-7-15(8-4-12)18-16(20)14-5-1-13(11-19)2-6-14;1-11-9-4-2-8(3-5-9)6-7-10/h1-8,11H,9-10,17H2,(H,18,20);2-5,11H,6-7,10H2,1H3. The zero-order chi connectivity index (χ0) is 22.5. The molecule has 0 bridgehead atoms. The summed E-state index contributed by atoms with van der Waals surface area (Å²) in [4.78, 5) is 22.6. The monoisotopic (exact) mass is 418 g/mol. The van der Waals surface area contributed by atoms with E-state index in [2.05, 4.69) is 34.9 Å². The lowest BCUT2D eigenvalue weighted by atomic mass is 10.1. The summed E-state index contributed by atoms with van der Waals surface area (Å²) in [7, 11) is 1.91. The Balaban J connectivity index is 0.000000262. The molecule has 0 saturated heterocycles. The molecule has 6 heteroatoms. The number of nitrogens with one attached hydrogen (secondary N) is 2. The molecular formula is C25H30N4O2. The fourth-order valence-electron chi connectivity index (χ4n) is 2.84. The van der Waals surface area contributed by atoms with E-state index in [0.717, 1.165) is 42.6 Å². The SMILES string of the molecule is CNc1ccc(CCN)cc1.NCCc1ccc(NC(=O)c2ccc(C=O)cc2)cc1. The predicted octanol–water partition coefficient (Wildman–Crippen LogP) is 3.48. The van der Waals surface area contributed by atoms with Crippen molar-refractivity contribution in [1.29, 1.82) is 0 Å². The van der Waals surface area contributed by atoms with Gasteiger partial charge in [0.05, 0.1) is 0 Å². The van der Waals surface area contributed by atoms with Gasteiger partial charge in [-0.15, -0.1) is 0 Å². The first-order valence-corrected chi connectivity index (χ1v) is 10.2. The van der Waals surface area contributed by atoms with Gasteiger partial charge in [-0.3, -0.25) is 9.59 Å². The predicted molar refractivity (Wildman–Crippen MR) is 128 cm³/mol. The van der Waals surface area contributed by atoms with Gasteiger partial charge in [0.25, 0.3) is 5.91 Å². The molecule has 31 heavy (non-hydrogen) atoms. The van der Waals surface area contributed by atoms with Crippen LogP contribution in [0.15, 0.2) is 72.8 Å². The normalized spacial score (nSPS) is 9.90. The Morgan fingerprint density at radius 1 is 0.774 bits per heavy atom. The zero-order valence-corrected chi connectivity index (χ0v) is 17.8. The third-order valence-corrected chi connectivity index (χ3v) is 4.63. The maximum absolute atomic E-state index is 12.0. The number of hydrogen-bond donors (Lipinski definition) is 4. The molecule has 6 nitrogen and oxygen atoms in total. The number of amides is 1. The molecule has 0 atom stereocenters. The van der Waals surface area contributed by atoms with Gasteiger partial charge in [-0.1, -0.05) is 36.4 Å². The number of carbonyl (C=O) groups excluding carboxylic acids is 2. The Morgan fingerprint density at radius 2 is 1.26 bits per heavy atom. The fraction of sp³-hybridized carbons (Fsp3) is 0.200. The maximum Gasteiger partial charge on any atom is 0.255 e. The summed E-state index contributed by atoms with van der Waals surface area (Å²) in [6.45, 7) is 1.33. The van der Waals surface area contributed by atoms with E-state index in [-0.39, 0.29) is 5.91 Å². The first-order chi connectivity index (χ1) is 15.1. The van der Waals surface area contributed by atoms with Crippen LogP contribution in [-0.2, 0) is 12.8 Å². The van der Waals surface area contributed by atoms with E-state index in [1.165, 1.54) is 5.56 Å². The number of benzene rings is 3. The molecule has 0 saturated carbocycles. The molecule has 0 heterocycles. The smallest absolute Gasteiger partial charge is 0.255 e. The highest BCUT2D eigenvalue weighted by atomic mass is 16.1. The maximum atomic E-state index is 12.0. The highest BCUT2D eigenvalue weighted by Gasteiger charge is 2.05. The van der Waals surface area contributed by atoms with Crippen LogP contribution in [0.25, 0.3) is 0 Å². The van der Waals surface area contributed by atoms with Crippen LogP contribution in [0.3, 0.4) is 0 Å². The molecule has 0 fully saturated rings. The van der Waals surface area contributed by atoms with Crippen molar-refractivity contribution in [3.63, 3.8) is 0 Å². The Bertz CT molecular complexity index is 937. The Kier molecular flexibility index (Phi) is 9.94. The quantitative estimate of drug-likeness (QED) is 0.419. The summed E-state index contributed by atoms with van der Waals surface area (Å²) < 4.78 is 0. The van der Waals surface area contributed by atoms with E-state index in [4.69, 9.17) is 11.5 Å². The van der Waals surface area contributed by atoms with Gasteiger partial charge in [-0.2, -0.15) is 0 Å². The molecule has 0 spiro atoms. The van der Waals surface area contributed by atoms with Gasteiger partial charge in [0.1, 0.15) is 6.29 Å². The van der Waals surface area contributed by atoms with Gasteiger partial charge in [0.15, 0.2) is 0 Å². The van der Waals surface area contributed by atoms with Gasteiger partial charge < -0.3 is 22.1 Å². The van der Waals surface area contributed by atoms with Gasteiger partial charge in [-0.25, -0.2) is 0 Å². The lowest BCUT2D eigenvalue weighted by Crippen LogP contribution is -2.12. The second-order valence-corrected chi connectivity index (χ2v) is 6.92. The van der Waals surface area contributed by atoms with Crippen LogP contribution < -0.4 is 22.1 Å². The van der Waals surface area contributed by atoms with E-state index in [1.807, 2.05) is 31.3 Å². The molecule has 0 aromatic heterocycles. The number of carbonyl (C=O) groups is 2. The molecular weight excluding hydrogens is 388 g/mol. The van der Waals surface area contributed by atoms with Crippen LogP contribution in [0.1, 0.15) is 31.8 Å². The van der Waals surface area contributed by atoms with Gasteiger partial charge in [0.2, 0.25) is 0 Å². The van der Waals surface area contributed by atoms with Crippen LogP contribution in [0, 0.1) is 0 Å². The summed E-state index contributed by atoms with van der Waals surface area (Å²) in [6.07, 6.45) is 2.53. The molecule has 3 rings (SSSR count). The summed E-state index contributed by atoms with van der Waals surface area (Å²) in [5.74, 6) is -0.200. The summed E-state index contributed by atoms with van der Waals surface area (Å²) in [5, 5.41) is 5.87. The van der Waals surface area contributed by atoms with Crippen molar-refractivity contribution in [2.24, 2.45) is 11.5 Å². The van der Waals surface area contributed by atoms with Crippen molar-refractivity contribution in [1.82, 2.24) is 0 Å². The van der Waals surface area contributed by atoms with E-state index in [9.17, 15) is 9.59 Å². The van der Waals surface area contributed by atoms with Crippen molar-refractivity contribution in [3.8, 4) is 0 Å². The number of nitrogens with two attached hydrogens (primary N) is 2. The highest BCUT2D eigenvalue weighted by Crippen LogP contribution is 2.12. The summed E-state index contributed by atoms with van der Waals surface area (Å²) >= 11 is 0. The van der Waals surface area contributed by atoms with Gasteiger partial charge in [0, 0.05) is 29.5 Å². The number of hydrogen-bond acceptors (Lipinski definition) is 5. The molecule has 162 valence electrons. The molecule has 3 aromatic carbocycles. The average Bonchev–Trinajstić information content (AvgIpc) is 2.82. The van der Waals surface area contributed by atoms with E-state index in [1.54, 1.807) is 24.3 Å². The third kappa shape index (κ3) is 8.04. The van der Waals surface area contributed by atoms with Crippen LogP contribution in [0.4, 0.5) is 11.4 Å². The Morgan fingerprint density at radius 3 is 1.68 bits per heavy atom. The molecule has 6 N–H and O–H groups in total. The zero-order valence-electron chi connectivity index (χ0n) is 17.8. The van der Waals surface area contributed by atoms with Crippen LogP contribution >= 0.6 is 0 Å². The molecule has 3 aromatic rings. The van der Waals surface area contributed by atoms with Gasteiger partial charge in [-0.05, 0) is 73.5 Å². The minimum atomic E-state index is -0.200. The Hall–Kier alpha value is -3.48. The second kappa shape index (κ2) is 13.0. The van der Waals surface area contributed by atoms with Crippen molar-refractivity contribution >= 4 is 23.6 Å². The highest BCUT2D eigenvalue weighted by molar-refractivity contribution is 6.04. The van der Waals surface area contributed by atoms with E-state index in [0.29, 0.717) is 17.7 Å². The Labute approximate surface area is 183 Å². The van der Waals surface area contributed by atoms with Crippen LogP contribution in [-0.4, -0.2) is 32.3 Å². The van der Waals surface area contributed by atoms with E-state index >= 15 is 0 Å². The largest absolute Gasteiger partial charge is 0.388 e. The minimum Gasteiger partial charge on any atom is -0.388 e.